The van der Waals surface area contributed by atoms with Crippen LogP contribution in [0.5, 0.6) is 0 Å². The van der Waals surface area contributed by atoms with E-state index in [1.807, 2.05) is 24.3 Å². The highest BCUT2D eigenvalue weighted by atomic mass is 31.2. The van der Waals surface area contributed by atoms with Crippen molar-refractivity contribution in [2.75, 3.05) is 39.6 Å². The average molecular weight is 1470 g/mol. The molecule has 580 valence electrons. The monoisotopic (exact) mass is 1470 g/mol. The molecule has 17 nitrogen and oxygen atoms in total. The van der Waals surface area contributed by atoms with Crippen molar-refractivity contribution in [3.8, 4) is 0 Å². The van der Waals surface area contributed by atoms with Crippen molar-refractivity contribution >= 4 is 39.5 Å². The number of phosphoric acid groups is 2. The molecule has 0 fully saturated rings. The lowest BCUT2D eigenvalue weighted by Gasteiger charge is -2.21. The van der Waals surface area contributed by atoms with E-state index >= 15 is 0 Å². The topological polar surface area (TPSA) is 237 Å². The fourth-order valence-electron chi connectivity index (χ4n) is 9.72. The zero-order chi connectivity index (χ0) is 74.6. The zero-order valence-corrected chi connectivity index (χ0v) is 65.0. The average Bonchev–Trinajstić information content (AvgIpc) is 0.959. The summed E-state index contributed by atoms with van der Waals surface area (Å²) in [6.07, 6.45) is 85.3. The Balaban J connectivity index is 5.48. The maximum Gasteiger partial charge on any atom is 0.472 e. The fourth-order valence-corrected chi connectivity index (χ4v) is 11.3. The van der Waals surface area contributed by atoms with Gasteiger partial charge in [0, 0.05) is 25.7 Å². The Hall–Kier alpha value is -5.32. The Morgan fingerprint density at radius 1 is 0.284 bits per heavy atom. The first-order valence-electron chi connectivity index (χ1n) is 38.7. The number of phosphoric ester groups is 2. The van der Waals surface area contributed by atoms with Gasteiger partial charge < -0.3 is 33.8 Å². The lowest BCUT2D eigenvalue weighted by molar-refractivity contribution is -0.161. The van der Waals surface area contributed by atoms with E-state index in [4.69, 9.17) is 37.0 Å². The molecule has 0 aromatic carbocycles. The summed E-state index contributed by atoms with van der Waals surface area (Å²) in [4.78, 5) is 72.9. The van der Waals surface area contributed by atoms with Crippen LogP contribution >= 0.6 is 15.6 Å². The van der Waals surface area contributed by atoms with Gasteiger partial charge in [0.2, 0.25) is 0 Å². The maximum atomic E-state index is 13.1. The van der Waals surface area contributed by atoms with Crippen LogP contribution in [0, 0.1) is 0 Å². The number of hydrogen-bond donors (Lipinski definition) is 3. The SMILES string of the molecule is CC/C=C\C/C=C\C/C=C\C/C=C\C/C=C\CCCC(=O)OCC(COP(=O)(O)OCC(O)COP(=O)(O)OCC(COC(=O)CCCCCCC/C=C\C/C=C\C/C=C\CC)OC(=O)CCCCCCCCCCCCCCC)OC(=O)CCC/C=C\C/C=C\C/C=C\C/C=C\C/C=C\CC. The summed E-state index contributed by atoms with van der Waals surface area (Å²) in [7, 11) is -10.00. The highest BCUT2D eigenvalue weighted by molar-refractivity contribution is 7.47. The van der Waals surface area contributed by atoms with Gasteiger partial charge in [0.05, 0.1) is 26.4 Å². The summed E-state index contributed by atoms with van der Waals surface area (Å²) in [5.74, 6) is -2.34. The van der Waals surface area contributed by atoms with E-state index in [-0.39, 0.29) is 25.7 Å². The van der Waals surface area contributed by atoms with Gasteiger partial charge in [-0.3, -0.25) is 37.3 Å². The molecule has 3 N–H and O–H groups in total. The van der Waals surface area contributed by atoms with Crippen LogP contribution in [0.25, 0.3) is 0 Å². The van der Waals surface area contributed by atoms with Crippen molar-refractivity contribution in [2.45, 2.75) is 303 Å². The number of unbranched alkanes of at least 4 members (excludes halogenated alkanes) is 19. The molecule has 5 atom stereocenters. The Morgan fingerprint density at radius 2 is 0.520 bits per heavy atom. The number of carbonyl (C=O) groups is 4. The van der Waals surface area contributed by atoms with Gasteiger partial charge in [0.1, 0.15) is 19.3 Å². The summed E-state index contributed by atoms with van der Waals surface area (Å²) in [5.41, 5.74) is 0. The summed E-state index contributed by atoms with van der Waals surface area (Å²) in [6.45, 7) is 4.37. The Bertz CT molecular complexity index is 2550. The number of esters is 4. The molecule has 19 heteroatoms. The minimum atomic E-state index is -5.01. The molecule has 0 radical (unpaired) electrons. The van der Waals surface area contributed by atoms with Gasteiger partial charge in [0.15, 0.2) is 12.2 Å². The van der Waals surface area contributed by atoms with Gasteiger partial charge in [0.25, 0.3) is 0 Å². The molecule has 5 unspecified atom stereocenters. The second-order valence-electron chi connectivity index (χ2n) is 25.2. The molecular formula is C83H136O17P2. The van der Waals surface area contributed by atoms with E-state index in [0.717, 1.165) is 141 Å². The van der Waals surface area contributed by atoms with Gasteiger partial charge >= 0.3 is 39.5 Å². The quantitative estimate of drug-likeness (QED) is 0.0169. The van der Waals surface area contributed by atoms with Gasteiger partial charge in [-0.25, -0.2) is 9.13 Å². The predicted octanol–water partition coefficient (Wildman–Crippen LogP) is 22.4. The molecule has 0 spiro atoms. The highest BCUT2D eigenvalue weighted by Crippen LogP contribution is 2.45. The molecule has 0 aromatic heterocycles. The molecule has 0 rings (SSSR count). The molecule has 0 saturated carbocycles. The van der Waals surface area contributed by atoms with Crippen molar-refractivity contribution in [2.24, 2.45) is 0 Å². The molecular weight excluding hydrogens is 1330 g/mol. The maximum absolute atomic E-state index is 13.1. The fraction of sp³-hybridized carbons (Fsp3) is 0.639. The van der Waals surface area contributed by atoms with Crippen LogP contribution in [0.1, 0.15) is 285 Å². The van der Waals surface area contributed by atoms with Crippen LogP contribution < -0.4 is 0 Å². The first kappa shape index (κ1) is 96.7. The minimum absolute atomic E-state index is 0.000993. The normalized spacial score (nSPS) is 14.8. The number of allylic oxidation sites excluding steroid dienone is 26. The van der Waals surface area contributed by atoms with E-state index in [9.17, 15) is 43.2 Å². The molecule has 0 saturated heterocycles. The van der Waals surface area contributed by atoms with E-state index in [0.29, 0.717) is 38.5 Å². The summed E-state index contributed by atoms with van der Waals surface area (Å²) >= 11 is 0. The van der Waals surface area contributed by atoms with E-state index in [1.54, 1.807) is 0 Å². The first-order chi connectivity index (χ1) is 49.7. The third-order valence-corrected chi connectivity index (χ3v) is 17.4. The molecule has 0 bridgehead atoms. The molecule has 0 aromatic rings. The molecule has 0 aliphatic carbocycles. The van der Waals surface area contributed by atoms with Crippen molar-refractivity contribution < 1.29 is 80.2 Å². The van der Waals surface area contributed by atoms with Crippen molar-refractivity contribution in [1.82, 2.24) is 0 Å². The molecule has 0 amide bonds. The molecule has 102 heavy (non-hydrogen) atoms. The van der Waals surface area contributed by atoms with Crippen LogP contribution in [0.15, 0.2) is 158 Å². The molecule has 0 aliphatic rings. The van der Waals surface area contributed by atoms with Gasteiger partial charge in [-0.2, -0.15) is 0 Å². The Labute approximate surface area is 617 Å². The third-order valence-electron chi connectivity index (χ3n) is 15.5. The lowest BCUT2D eigenvalue weighted by Crippen LogP contribution is -2.30. The minimum Gasteiger partial charge on any atom is -0.462 e. The Kier molecular flexibility index (Phi) is 70.1. The van der Waals surface area contributed by atoms with Crippen molar-refractivity contribution in [3.05, 3.63) is 158 Å². The van der Waals surface area contributed by atoms with E-state index in [1.165, 1.54) is 51.4 Å². The second-order valence-corrected chi connectivity index (χ2v) is 28.1. The van der Waals surface area contributed by atoms with Crippen LogP contribution in [0.3, 0.4) is 0 Å². The van der Waals surface area contributed by atoms with Crippen LogP contribution in [-0.2, 0) is 65.4 Å². The number of aliphatic hydroxyl groups excluding tert-OH is 1. The van der Waals surface area contributed by atoms with Gasteiger partial charge in [-0.05, 0) is 135 Å². The van der Waals surface area contributed by atoms with Crippen LogP contribution in [0.4, 0.5) is 0 Å². The zero-order valence-electron chi connectivity index (χ0n) is 63.2. The number of rotatable bonds is 71. The van der Waals surface area contributed by atoms with Crippen LogP contribution in [0.2, 0.25) is 0 Å². The van der Waals surface area contributed by atoms with Crippen LogP contribution in [-0.4, -0.2) is 96.7 Å². The molecule has 0 heterocycles. The predicted molar refractivity (Wildman–Crippen MR) is 417 cm³/mol. The summed E-state index contributed by atoms with van der Waals surface area (Å²) in [6, 6.07) is 0. The van der Waals surface area contributed by atoms with Crippen molar-refractivity contribution in [3.63, 3.8) is 0 Å². The highest BCUT2D eigenvalue weighted by Gasteiger charge is 2.30. The molecule has 0 aliphatic heterocycles. The summed E-state index contributed by atoms with van der Waals surface area (Å²) < 4.78 is 68.4. The third kappa shape index (κ3) is 73.0. The van der Waals surface area contributed by atoms with Crippen molar-refractivity contribution in [1.29, 1.82) is 0 Å². The van der Waals surface area contributed by atoms with Gasteiger partial charge in [-0.1, -0.05) is 282 Å². The number of aliphatic hydroxyl groups is 1. The standard InChI is InChI=1S/C83H136O17P2/c1-5-9-13-17-21-25-29-33-36-38-41-45-48-52-56-60-64-68-81(86)94-74-79(100-83(88)70-66-62-58-54-50-46-42-39-37-34-30-26-22-18-14-10-6-2)76-98-102(91,92)96-72-77(84)71-95-101(89,90)97-75-78(99-82(87)69-65-61-57-53-49-43-32-28-24-20-16-12-8-4)73-93-80(85)67-63-59-55-51-47-44-40-35-31-27-23-19-15-11-7-3/h9-11,13-15,21-23,25-27,33-37,40-42,45-46,52,54,56,58,77-79,84H,5-8,12,16-20,24,28-32,38-39,43-44,47-51,53,55,57,59-76H2,1-4H3,(H,89,90)(H,91,92)/b13-9-,14-10-,15-11-,25-21-,26-22-,27-23-,36-33-,37-34-,40-35-,45-41-,46-42-,56-52-,58-54-. The number of ether oxygens (including phenoxy) is 4. The number of carbonyl (C=O) groups excluding carboxylic acids is 4. The summed E-state index contributed by atoms with van der Waals surface area (Å²) in [5, 5.41) is 10.6. The van der Waals surface area contributed by atoms with E-state index < -0.39 is 97.5 Å². The number of hydrogen-bond acceptors (Lipinski definition) is 15. The largest absolute Gasteiger partial charge is 0.472 e. The Morgan fingerprint density at radius 3 is 0.833 bits per heavy atom. The first-order valence-corrected chi connectivity index (χ1v) is 41.7. The second kappa shape index (κ2) is 74.0. The smallest absolute Gasteiger partial charge is 0.462 e. The van der Waals surface area contributed by atoms with E-state index in [2.05, 4.69) is 161 Å². The van der Waals surface area contributed by atoms with Gasteiger partial charge in [-0.15, -0.1) is 0 Å². The lowest BCUT2D eigenvalue weighted by atomic mass is 10.0.